The molecule has 1 aliphatic carbocycles. The van der Waals surface area contributed by atoms with E-state index >= 15 is 0 Å². The highest BCUT2D eigenvalue weighted by Gasteiger charge is 2.19. The molecule has 108 valence electrons. The Labute approximate surface area is 120 Å². The molecule has 2 N–H and O–H groups in total. The van der Waals surface area contributed by atoms with Crippen molar-refractivity contribution in [1.29, 1.82) is 5.26 Å². The first-order chi connectivity index (χ1) is 9.78. The molecule has 0 bridgehead atoms. The predicted octanol–water partition coefficient (Wildman–Crippen LogP) is 2.08. The molecule has 1 aliphatic rings. The Morgan fingerprint density at radius 3 is 2.75 bits per heavy atom. The molecule has 20 heavy (non-hydrogen) atoms. The lowest BCUT2D eigenvalue weighted by molar-refractivity contribution is 0.106. The predicted molar refractivity (Wildman–Crippen MR) is 77.5 cm³/mol. The maximum atomic E-state index is 9.79. The Morgan fingerprint density at radius 1 is 1.35 bits per heavy atom. The molecule has 0 saturated heterocycles. The van der Waals surface area contributed by atoms with E-state index in [1.807, 2.05) is 0 Å². The maximum absolute atomic E-state index is 9.79. The van der Waals surface area contributed by atoms with Gasteiger partial charge in [0.1, 0.15) is 18.5 Å². The molecule has 1 fully saturated rings. The number of benzene rings is 1. The van der Waals surface area contributed by atoms with Crippen LogP contribution in [0.1, 0.15) is 31.2 Å². The lowest BCUT2D eigenvalue weighted by Crippen LogP contribution is -2.32. The maximum Gasteiger partial charge on any atom is 0.119 e. The average Bonchev–Trinajstić information content (AvgIpc) is 3.29. The fraction of sp³-hybridized carbons (Fsp3) is 0.562. The van der Waals surface area contributed by atoms with Crippen LogP contribution in [0.3, 0.4) is 0 Å². The minimum atomic E-state index is -0.508. The van der Waals surface area contributed by atoms with E-state index < -0.39 is 6.10 Å². The Kier molecular flexibility index (Phi) is 5.85. The van der Waals surface area contributed by atoms with Crippen molar-refractivity contribution >= 4 is 0 Å². The van der Waals surface area contributed by atoms with Crippen molar-refractivity contribution < 1.29 is 9.84 Å². The lowest BCUT2D eigenvalue weighted by Gasteiger charge is -2.13. The van der Waals surface area contributed by atoms with Gasteiger partial charge in [0.2, 0.25) is 0 Å². The standard InChI is InChI=1S/C16H22N2O2/c17-10-14-5-7-16(8-6-14)20-12-15(19)11-18-9-1-2-13-3-4-13/h5-8,13,15,18-19H,1-4,9,11-12H2. The summed E-state index contributed by atoms with van der Waals surface area (Å²) in [6, 6.07) is 8.96. The molecule has 1 atom stereocenters. The van der Waals surface area contributed by atoms with Crippen molar-refractivity contribution in [3.8, 4) is 11.8 Å². The van der Waals surface area contributed by atoms with Crippen LogP contribution in [0.2, 0.25) is 0 Å². The third-order valence-electron chi connectivity index (χ3n) is 3.47. The number of nitrogens with one attached hydrogen (secondary N) is 1. The molecule has 0 spiro atoms. The molecule has 1 saturated carbocycles. The van der Waals surface area contributed by atoms with Crippen LogP contribution in [-0.2, 0) is 0 Å². The van der Waals surface area contributed by atoms with Crippen LogP contribution in [-0.4, -0.2) is 30.9 Å². The quantitative estimate of drug-likeness (QED) is 0.677. The number of aliphatic hydroxyl groups is 1. The molecule has 0 radical (unpaired) electrons. The van der Waals surface area contributed by atoms with Crippen molar-refractivity contribution in [3.63, 3.8) is 0 Å². The van der Waals surface area contributed by atoms with Gasteiger partial charge >= 0.3 is 0 Å². The number of ether oxygens (including phenoxy) is 1. The Balaban J connectivity index is 1.54. The van der Waals surface area contributed by atoms with E-state index in [2.05, 4.69) is 11.4 Å². The minimum Gasteiger partial charge on any atom is -0.491 e. The summed E-state index contributed by atoms with van der Waals surface area (Å²) in [6.45, 7) is 1.78. The van der Waals surface area contributed by atoms with Gasteiger partial charge in [-0.25, -0.2) is 0 Å². The van der Waals surface area contributed by atoms with Gasteiger partial charge in [-0.05, 0) is 49.6 Å². The van der Waals surface area contributed by atoms with Crippen LogP contribution in [0.15, 0.2) is 24.3 Å². The second kappa shape index (κ2) is 7.88. The molecule has 4 nitrogen and oxygen atoms in total. The van der Waals surface area contributed by atoms with E-state index in [1.165, 1.54) is 25.7 Å². The molecule has 1 unspecified atom stereocenters. The highest BCUT2D eigenvalue weighted by Crippen LogP contribution is 2.33. The van der Waals surface area contributed by atoms with Crippen molar-refractivity contribution in [2.45, 2.75) is 31.8 Å². The lowest BCUT2D eigenvalue weighted by atomic mass is 10.2. The molecule has 0 amide bonds. The molecule has 2 rings (SSSR count). The Bertz CT molecular complexity index is 435. The largest absolute Gasteiger partial charge is 0.491 e. The molecule has 1 aromatic carbocycles. The smallest absolute Gasteiger partial charge is 0.119 e. The van der Waals surface area contributed by atoms with Crippen LogP contribution in [0.5, 0.6) is 5.75 Å². The van der Waals surface area contributed by atoms with Gasteiger partial charge in [-0.3, -0.25) is 0 Å². The third-order valence-corrected chi connectivity index (χ3v) is 3.47. The summed E-state index contributed by atoms with van der Waals surface area (Å²) in [7, 11) is 0. The van der Waals surface area contributed by atoms with Gasteiger partial charge in [0.05, 0.1) is 11.6 Å². The second-order valence-electron chi connectivity index (χ2n) is 5.39. The van der Waals surface area contributed by atoms with E-state index in [9.17, 15) is 5.11 Å². The van der Waals surface area contributed by atoms with Crippen LogP contribution >= 0.6 is 0 Å². The van der Waals surface area contributed by atoms with Gasteiger partial charge < -0.3 is 15.2 Å². The van der Waals surface area contributed by atoms with Gasteiger partial charge in [-0.2, -0.15) is 5.26 Å². The van der Waals surface area contributed by atoms with E-state index in [4.69, 9.17) is 10.00 Å². The zero-order valence-electron chi connectivity index (χ0n) is 11.7. The molecule has 4 heteroatoms. The summed E-state index contributed by atoms with van der Waals surface area (Å²) in [6.07, 6.45) is 4.80. The first-order valence-electron chi connectivity index (χ1n) is 7.29. The van der Waals surface area contributed by atoms with E-state index in [-0.39, 0.29) is 6.61 Å². The van der Waals surface area contributed by atoms with Gasteiger partial charge in [-0.15, -0.1) is 0 Å². The molecular weight excluding hydrogens is 252 g/mol. The Morgan fingerprint density at radius 2 is 2.10 bits per heavy atom. The molecule has 0 aromatic heterocycles. The number of nitriles is 1. The number of nitrogens with zero attached hydrogens (tertiary/aromatic N) is 1. The minimum absolute atomic E-state index is 0.265. The summed E-state index contributed by atoms with van der Waals surface area (Å²) in [5.41, 5.74) is 0.607. The fourth-order valence-corrected chi connectivity index (χ4v) is 2.07. The summed E-state index contributed by atoms with van der Waals surface area (Å²) < 4.78 is 5.47. The van der Waals surface area contributed by atoms with E-state index in [0.29, 0.717) is 17.9 Å². The summed E-state index contributed by atoms with van der Waals surface area (Å²) in [4.78, 5) is 0. The normalized spacial score (nSPS) is 15.6. The van der Waals surface area contributed by atoms with Crippen LogP contribution < -0.4 is 10.1 Å². The van der Waals surface area contributed by atoms with E-state index in [0.717, 1.165) is 12.5 Å². The summed E-state index contributed by atoms with van der Waals surface area (Å²) in [5, 5.41) is 21.7. The number of hydrogen-bond donors (Lipinski definition) is 2. The zero-order chi connectivity index (χ0) is 14.2. The van der Waals surface area contributed by atoms with Crippen LogP contribution in [0.4, 0.5) is 0 Å². The van der Waals surface area contributed by atoms with Gasteiger partial charge in [0, 0.05) is 6.54 Å². The van der Waals surface area contributed by atoms with Gasteiger partial charge in [0.15, 0.2) is 0 Å². The van der Waals surface area contributed by atoms with Crippen molar-refractivity contribution in [2.75, 3.05) is 19.7 Å². The monoisotopic (exact) mass is 274 g/mol. The zero-order valence-corrected chi connectivity index (χ0v) is 11.7. The first-order valence-corrected chi connectivity index (χ1v) is 7.29. The number of rotatable bonds is 9. The second-order valence-corrected chi connectivity index (χ2v) is 5.39. The highest BCUT2D eigenvalue weighted by molar-refractivity contribution is 5.34. The van der Waals surface area contributed by atoms with Gasteiger partial charge in [0.25, 0.3) is 0 Å². The first kappa shape index (κ1) is 14.8. The van der Waals surface area contributed by atoms with Crippen molar-refractivity contribution in [3.05, 3.63) is 29.8 Å². The molecule has 0 heterocycles. The fourth-order valence-electron chi connectivity index (χ4n) is 2.07. The number of aliphatic hydroxyl groups excluding tert-OH is 1. The van der Waals surface area contributed by atoms with Gasteiger partial charge in [-0.1, -0.05) is 12.8 Å². The summed E-state index contributed by atoms with van der Waals surface area (Å²) in [5.74, 6) is 1.65. The SMILES string of the molecule is N#Cc1ccc(OCC(O)CNCCCC2CC2)cc1. The van der Waals surface area contributed by atoms with Crippen molar-refractivity contribution in [1.82, 2.24) is 5.32 Å². The molecule has 0 aliphatic heterocycles. The highest BCUT2D eigenvalue weighted by atomic mass is 16.5. The molecule has 1 aromatic rings. The van der Waals surface area contributed by atoms with Crippen LogP contribution in [0, 0.1) is 17.2 Å². The molecular formula is C16H22N2O2. The Hall–Kier alpha value is -1.57. The van der Waals surface area contributed by atoms with E-state index in [1.54, 1.807) is 24.3 Å². The van der Waals surface area contributed by atoms with Crippen molar-refractivity contribution in [2.24, 2.45) is 5.92 Å². The summed E-state index contributed by atoms with van der Waals surface area (Å²) >= 11 is 0. The number of hydrogen-bond acceptors (Lipinski definition) is 4. The topological polar surface area (TPSA) is 65.3 Å². The average molecular weight is 274 g/mol. The van der Waals surface area contributed by atoms with Crippen LogP contribution in [0.25, 0.3) is 0 Å². The third kappa shape index (κ3) is 5.60.